The molecule has 2 N–H and O–H groups in total. The Morgan fingerprint density at radius 3 is 2.69 bits per heavy atom. The topological polar surface area (TPSA) is 61.0 Å². The number of anilines is 1. The van der Waals surface area contributed by atoms with Crippen LogP contribution in [-0.2, 0) is 6.61 Å². The summed E-state index contributed by atoms with van der Waals surface area (Å²) in [5.41, 5.74) is 6.93. The Kier molecular flexibility index (Phi) is 3.22. The van der Waals surface area contributed by atoms with Gasteiger partial charge in [-0.2, -0.15) is 0 Å². The maximum absolute atomic E-state index is 5.84. The fraction of sp³-hybridized carbons (Fsp3) is 0.0909. The molecule has 5 heteroatoms. The SMILES string of the molecule is Nc1cnc(OCc2cccc(Cl)c2)nc1. The van der Waals surface area contributed by atoms with Crippen LogP contribution in [0.1, 0.15) is 5.56 Å². The lowest BCUT2D eigenvalue weighted by Crippen LogP contribution is -1.99. The van der Waals surface area contributed by atoms with E-state index in [1.54, 1.807) is 0 Å². The zero-order valence-corrected chi connectivity index (χ0v) is 9.19. The molecule has 1 aromatic heterocycles. The second-order valence-electron chi connectivity index (χ2n) is 3.22. The Balaban J connectivity index is 1.99. The zero-order chi connectivity index (χ0) is 11.4. The van der Waals surface area contributed by atoms with E-state index in [9.17, 15) is 0 Å². The summed E-state index contributed by atoms with van der Waals surface area (Å²) in [6, 6.07) is 7.73. The van der Waals surface area contributed by atoms with E-state index in [1.807, 2.05) is 24.3 Å². The number of nitrogens with zero attached hydrogens (tertiary/aromatic N) is 2. The van der Waals surface area contributed by atoms with Crippen LogP contribution in [0, 0.1) is 0 Å². The maximum atomic E-state index is 5.84. The summed E-state index contributed by atoms with van der Waals surface area (Å²) in [5.74, 6) is 0. The lowest BCUT2D eigenvalue weighted by atomic mass is 10.2. The minimum absolute atomic E-state index is 0.300. The molecule has 0 saturated heterocycles. The predicted octanol–water partition coefficient (Wildman–Crippen LogP) is 2.29. The summed E-state index contributed by atoms with van der Waals surface area (Å²) in [5, 5.41) is 0.680. The molecule has 0 radical (unpaired) electrons. The van der Waals surface area contributed by atoms with Crippen LogP contribution < -0.4 is 10.5 Å². The van der Waals surface area contributed by atoms with Gasteiger partial charge in [0, 0.05) is 5.02 Å². The van der Waals surface area contributed by atoms with Crippen LogP contribution in [0.2, 0.25) is 5.02 Å². The standard InChI is InChI=1S/C11H10ClN3O/c12-9-3-1-2-8(4-9)7-16-11-14-5-10(13)6-15-11/h1-6H,7,13H2. The molecule has 2 rings (SSSR count). The van der Waals surface area contributed by atoms with Crippen LogP contribution in [0.3, 0.4) is 0 Å². The van der Waals surface area contributed by atoms with E-state index in [4.69, 9.17) is 22.1 Å². The van der Waals surface area contributed by atoms with Crippen molar-refractivity contribution in [2.45, 2.75) is 6.61 Å². The lowest BCUT2D eigenvalue weighted by Gasteiger charge is -2.04. The first kappa shape index (κ1) is 10.7. The summed E-state index contributed by atoms with van der Waals surface area (Å²) < 4.78 is 5.37. The Bertz CT molecular complexity index is 473. The molecule has 1 aromatic carbocycles. The van der Waals surface area contributed by atoms with Crippen LogP contribution in [0.15, 0.2) is 36.7 Å². The summed E-state index contributed by atoms with van der Waals surface area (Å²) in [4.78, 5) is 7.85. The monoisotopic (exact) mass is 235 g/mol. The summed E-state index contributed by atoms with van der Waals surface area (Å²) >= 11 is 5.84. The first-order valence-electron chi connectivity index (χ1n) is 4.69. The number of rotatable bonds is 3. The van der Waals surface area contributed by atoms with Gasteiger partial charge in [-0.25, -0.2) is 9.97 Å². The average molecular weight is 236 g/mol. The van der Waals surface area contributed by atoms with E-state index >= 15 is 0 Å². The van der Waals surface area contributed by atoms with Crippen molar-refractivity contribution < 1.29 is 4.74 Å². The zero-order valence-electron chi connectivity index (χ0n) is 8.43. The predicted molar refractivity (Wildman–Crippen MR) is 62.2 cm³/mol. The van der Waals surface area contributed by atoms with Gasteiger partial charge in [-0.3, -0.25) is 0 Å². The third-order valence-electron chi connectivity index (χ3n) is 1.91. The summed E-state index contributed by atoms with van der Waals surface area (Å²) in [7, 11) is 0. The highest BCUT2D eigenvalue weighted by Crippen LogP contribution is 2.12. The van der Waals surface area contributed by atoms with Crippen LogP contribution in [0.5, 0.6) is 6.01 Å². The minimum Gasteiger partial charge on any atom is -0.459 e. The molecule has 82 valence electrons. The third-order valence-corrected chi connectivity index (χ3v) is 2.14. The van der Waals surface area contributed by atoms with Gasteiger partial charge in [-0.1, -0.05) is 23.7 Å². The van der Waals surface area contributed by atoms with Crippen molar-refractivity contribution in [2.24, 2.45) is 0 Å². The molecule has 2 aromatic rings. The average Bonchev–Trinajstić information content (AvgIpc) is 2.28. The van der Waals surface area contributed by atoms with Crippen molar-refractivity contribution in [1.82, 2.24) is 9.97 Å². The van der Waals surface area contributed by atoms with E-state index in [-0.39, 0.29) is 0 Å². The summed E-state index contributed by atoms with van der Waals surface area (Å²) in [6.45, 7) is 0.379. The fourth-order valence-electron chi connectivity index (χ4n) is 1.18. The Morgan fingerprint density at radius 1 is 1.25 bits per heavy atom. The van der Waals surface area contributed by atoms with Crippen molar-refractivity contribution >= 4 is 17.3 Å². The minimum atomic E-state index is 0.300. The number of hydrogen-bond donors (Lipinski definition) is 1. The Hall–Kier alpha value is -1.81. The van der Waals surface area contributed by atoms with Gasteiger partial charge in [0.1, 0.15) is 6.61 Å². The fourth-order valence-corrected chi connectivity index (χ4v) is 1.39. The first-order chi connectivity index (χ1) is 7.74. The van der Waals surface area contributed by atoms with Crippen molar-refractivity contribution in [3.05, 3.63) is 47.2 Å². The van der Waals surface area contributed by atoms with Crippen molar-refractivity contribution in [3.63, 3.8) is 0 Å². The van der Waals surface area contributed by atoms with Gasteiger partial charge in [-0.05, 0) is 17.7 Å². The molecule has 0 aliphatic heterocycles. The van der Waals surface area contributed by atoms with Gasteiger partial charge in [-0.15, -0.1) is 0 Å². The number of halogens is 1. The van der Waals surface area contributed by atoms with Crippen molar-refractivity contribution in [3.8, 4) is 6.01 Å². The van der Waals surface area contributed by atoms with Gasteiger partial charge in [0.05, 0.1) is 18.1 Å². The normalized spacial score (nSPS) is 10.1. The van der Waals surface area contributed by atoms with Crippen molar-refractivity contribution in [2.75, 3.05) is 5.73 Å². The molecule has 0 atom stereocenters. The third kappa shape index (κ3) is 2.84. The van der Waals surface area contributed by atoms with Crippen LogP contribution in [-0.4, -0.2) is 9.97 Å². The number of nitrogens with two attached hydrogens (primary N) is 1. The van der Waals surface area contributed by atoms with Gasteiger partial charge in [0.25, 0.3) is 0 Å². The van der Waals surface area contributed by atoms with Gasteiger partial charge in [0.15, 0.2) is 0 Å². The number of nitrogen functional groups attached to an aromatic ring is 1. The maximum Gasteiger partial charge on any atom is 0.316 e. The quantitative estimate of drug-likeness (QED) is 0.887. The van der Waals surface area contributed by atoms with Gasteiger partial charge < -0.3 is 10.5 Å². The smallest absolute Gasteiger partial charge is 0.316 e. The molecule has 0 amide bonds. The molecule has 0 aliphatic rings. The second kappa shape index (κ2) is 4.81. The molecule has 1 heterocycles. The molecule has 0 spiro atoms. The molecule has 0 aliphatic carbocycles. The highest BCUT2D eigenvalue weighted by Gasteiger charge is 1.99. The van der Waals surface area contributed by atoms with Gasteiger partial charge in [0.2, 0.25) is 0 Å². The van der Waals surface area contributed by atoms with Crippen molar-refractivity contribution in [1.29, 1.82) is 0 Å². The molecular weight excluding hydrogens is 226 g/mol. The van der Waals surface area contributed by atoms with E-state index < -0.39 is 0 Å². The molecular formula is C11H10ClN3O. The van der Waals surface area contributed by atoms with E-state index in [0.29, 0.717) is 23.3 Å². The van der Waals surface area contributed by atoms with E-state index in [1.165, 1.54) is 12.4 Å². The van der Waals surface area contributed by atoms with Crippen LogP contribution in [0.4, 0.5) is 5.69 Å². The number of ether oxygens (including phenoxy) is 1. The Labute approximate surface area is 98.0 Å². The number of hydrogen-bond acceptors (Lipinski definition) is 4. The molecule has 0 unspecified atom stereocenters. The lowest BCUT2D eigenvalue weighted by molar-refractivity contribution is 0.281. The number of benzene rings is 1. The molecule has 4 nitrogen and oxygen atoms in total. The number of aromatic nitrogens is 2. The van der Waals surface area contributed by atoms with Crippen LogP contribution >= 0.6 is 11.6 Å². The molecule has 0 saturated carbocycles. The van der Waals surface area contributed by atoms with E-state index in [0.717, 1.165) is 5.56 Å². The first-order valence-corrected chi connectivity index (χ1v) is 5.06. The van der Waals surface area contributed by atoms with Crippen LogP contribution in [0.25, 0.3) is 0 Å². The highest BCUT2D eigenvalue weighted by atomic mass is 35.5. The van der Waals surface area contributed by atoms with Gasteiger partial charge >= 0.3 is 6.01 Å². The second-order valence-corrected chi connectivity index (χ2v) is 3.65. The highest BCUT2D eigenvalue weighted by molar-refractivity contribution is 6.30. The molecule has 16 heavy (non-hydrogen) atoms. The Morgan fingerprint density at radius 2 is 2.00 bits per heavy atom. The molecule has 0 bridgehead atoms. The molecule has 0 fully saturated rings. The van der Waals surface area contributed by atoms with E-state index in [2.05, 4.69) is 9.97 Å². The largest absolute Gasteiger partial charge is 0.459 e. The summed E-state index contributed by atoms with van der Waals surface area (Å²) in [6.07, 6.45) is 3.00.